The van der Waals surface area contributed by atoms with Crippen LogP contribution in [0.15, 0.2) is 0 Å². The standard InChI is InChI=1S/C9H19NO/c1-8(7-11)6-10-5-3-4-9(10)2/h8-9,11H,3-7H2,1-2H3/t8-,9+/m1/s1. The maximum atomic E-state index is 8.85. The van der Waals surface area contributed by atoms with Crippen molar-refractivity contribution in [3.05, 3.63) is 0 Å². The Morgan fingerprint density at radius 3 is 2.82 bits per heavy atom. The summed E-state index contributed by atoms with van der Waals surface area (Å²) in [6, 6.07) is 0.740. The molecule has 0 aliphatic carbocycles. The first kappa shape index (κ1) is 9.01. The molecular weight excluding hydrogens is 138 g/mol. The molecule has 1 aliphatic heterocycles. The summed E-state index contributed by atoms with van der Waals surface area (Å²) < 4.78 is 0. The highest BCUT2D eigenvalue weighted by atomic mass is 16.3. The average Bonchev–Trinajstić information content (AvgIpc) is 2.37. The third-order valence-electron chi connectivity index (χ3n) is 2.55. The SMILES string of the molecule is C[C@@H](CO)CN1CCC[C@@H]1C. The van der Waals surface area contributed by atoms with Crippen molar-refractivity contribution in [3.8, 4) is 0 Å². The summed E-state index contributed by atoms with van der Waals surface area (Å²) in [5, 5.41) is 8.85. The van der Waals surface area contributed by atoms with Crippen molar-refractivity contribution in [2.45, 2.75) is 32.7 Å². The van der Waals surface area contributed by atoms with Crippen LogP contribution in [0.2, 0.25) is 0 Å². The number of nitrogens with zero attached hydrogens (tertiary/aromatic N) is 1. The molecule has 1 N–H and O–H groups in total. The molecule has 0 bridgehead atoms. The van der Waals surface area contributed by atoms with Gasteiger partial charge in [0.2, 0.25) is 0 Å². The van der Waals surface area contributed by atoms with Crippen LogP contribution in [0.4, 0.5) is 0 Å². The molecule has 2 nitrogen and oxygen atoms in total. The fraction of sp³-hybridized carbons (Fsp3) is 1.00. The van der Waals surface area contributed by atoms with Crippen molar-refractivity contribution in [2.75, 3.05) is 19.7 Å². The molecule has 1 saturated heterocycles. The minimum absolute atomic E-state index is 0.323. The molecule has 1 aliphatic rings. The molecule has 1 rings (SSSR count). The van der Waals surface area contributed by atoms with E-state index >= 15 is 0 Å². The summed E-state index contributed by atoms with van der Waals surface area (Å²) in [5.41, 5.74) is 0. The lowest BCUT2D eigenvalue weighted by Crippen LogP contribution is -2.32. The van der Waals surface area contributed by atoms with Gasteiger partial charge < -0.3 is 10.0 Å². The van der Waals surface area contributed by atoms with Gasteiger partial charge in [-0.25, -0.2) is 0 Å². The van der Waals surface area contributed by atoms with Crippen LogP contribution in [0.25, 0.3) is 0 Å². The van der Waals surface area contributed by atoms with E-state index in [1.807, 2.05) is 0 Å². The molecule has 0 saturated carbocycles. The second-order valence-electron chi connectivity index (χ2n) is 3.77. The van der Waals surface area contributed by atoms with Gasteiger partial charge in [-0.05, 0) is 32.2 Å². The number of aliphatic hydroxyl groups excluding tert-OH is 1. The zero-order chi connectivity index (χ0) is 8.27. The van der Waals surface area contributed by atoms with E-state index < -0.39 is 0 Å². The van der Waals surface area contributed by atoms with Gasteiger partial charge in [-0.2, -0.15) is 0 Å². The molecule has 66 valence electrons. The summed E-state index contributed by atoms with van der Waals surface area (Å²) in [6.07, 6.45) is 2.66. The Labute approximate surface area is 69.2 Å². The maximum Gasteiger partial charge on any atom is 0.0468 e. The van der Waals surface area contributed by atoms with Gasteiger partial charge in [-0.1, -0.05) is 6.92 Å². The Balaban J connectivity index is 2.24. The van der Waals surface area contributed by atoms with Crippen molar-refractivity contribution in [2.24, 2.45) is 5.92 Å². The van der Waals surface area contributed by atoms with Gasteiger partial charge in [0.1, 0.15) is 0 Å². The van der Waals surface area contributed by atoms with E-state index in [-0.39, 0.29) is 0 Å². The van der Waals surface area contributed by atoms with Crippen LogP contribution in [0.3, 0.4) is 0 Å². The van der Waals surface area contributed by atoms with E-state index in [1.165, 1.54) is 19.4 Å². The van der Waals surface area contributed by atoms with Crippen LogP contribution < -0.4 is 0 Å². The molecule has 0 aromatic heterocycles. The summed E-state index contributed by atoms with van der Waals surface area (Å²) in [4.78, 5) is 2.47. The van der Waals surface area contributed by atoms with Crippen LogP contribution >= 0.6 is 0 Å². The first-order chi connectivity index (χ1) is 5.24. The highest BCUT2D eigenvalue weighted by Gasteiger charge is 2.20. The van der Waals surface area contributed by atoms with E-state index in [4.69, 9.17) is 5.11 Å². The van der Waals surface area contributed by atoms with Crippen molar-refractivity contribution in [1.29, 1.82) is 0 Å². The summed E-state index contributed by atoms with van der Waals surface area (Å²) in [6.45, 7) is 6.99. The van der Waals surface area contributed by atoms with E-state index in [0.29, 0.717) is 12.5 Å². The Morgan fingerprint density at radius 2 is 2.36 bits per heavy atom. The molecule has 1 heterocycles. The molecular formula is C9H19NO. The van der Waals surface area contributed by atoms with Crippen molar-refractivity contribution >= 4 is 0 Å². The quantitative estimate of drug-likeness (QED) is 0.663. The van der Waals surface area contributed by atoms with Gasteiger partial charge in [0.05, 0.1) is 0 Å². The predicted octanol–water partition coefficient (Wildman–Crippen LogP) is 1.10. The molecule has 0 aromatic carbocycles. The third kappa shape index (κ3) is 2.46. The fourth-order valence-corrected chi connectivity index (χ4v) is 1.72. The molecule has 0 spiro atoms. The molecule has 0 amide bonds. The zero-order valence-corrected chi connectivity index (χ0v) is 7.58. The van der Waals surface area contributed by atoms with Crippen molar-refractivity contribution in [3.63, 3.8) is 0 Å². The topological polar surface area (TPSA) is 23.5 Å². The molecule has 2 atom stereocenters. The van der Waals surface area contributed by atoms with Crippen LogP contribution in [0.5, 0.6) is 0 Å². The van der Waals surface area contributed by atoms with E-state index in [2.05, 4.69) is 18.7 Å². The summed E-state index contributed by atoms with van der Waals surface area (Å²) in [5.74, 6) is 0.440. The summed E-state index contributed by atoms with van der Waals surface area (Å²) >= 11 is 0. The number of likely N-dealkylation sites (tertiary alicyclic amines) is 1. The first-order valence-electron chi connectivity index (χ1n) is 4.59. The first-order valence-corrected chi connectivity index (χ1v) is 4.59. The number of aliphatic hydroxyl groups is 1. The second-order valence-corrected chi connectivity index (χ2v) is 3.77. The van der Waals surface area contributed by atoms with Gasteiger partial charge in [0.15, 0.2) is 0 Å². The number of hydrogen-bond donors (Lipinski definition) is 1. The lowest BCUT2D eigenvalue weighted by atomic mass is 10.1. The van der Waals surface area contributed by atoms with Gasteiger partial charge in [0, 0.05) is 19.2 Å². The van der Waals surface area contributed by atoms with E-state index in [1.54, 1.807) is 0 Å². The van der Waals surface area contributed by atoms with Gasteiger partial charge in [-0.3, -0.25) is 0 Å². The van der Waals surface area contributed by atoms with Gasteiger partial charge in [-0.15, -0.1) is 0 Å². The number of rotatable bonds is 3. The Kier molecular flexibility index (Phi) is 3.34. The Bertz CT molecular complexity index is 116. The normalized spacial score (nSPS) is 29.2. The lowest BCUT2D eigenvalue weighted by Gasteiger charge is -2.23. The van der Waals surface area contributed by atoms with Gasteiger partial charge in [0.25, 0.3) is 0 Å². The lowest BCUT2D eigenvalue weighted by molar-refractivity contribution is 0.170. The molecule has 0 aromatic rings. The molecule has 11 heavy (non-hydrogen) atoms. The minimum atomic E-state index is 0.323. The molecule has 0 radical (unpaired) electrons. The van der Waals surface area contributed by atoms with Crippen molar-refractivity contribution < 1.29 is 5.11 Å². The van der Waals surface area contributed by atoms with Crippen LogP contribution in [0.1, 0.15) is 26.7 Å². The number of hydrogen-bond acceptors (Lipinski definition) is 2. The summed E-state index contributed by atoms with van der Waals surface area (Å²) in [7, 11) is 0. The molecule has 0 unspecified atom stereocenters. The monoisotopic (exact) mass is 157 g/mol. The molecule has 2 heteroatoms. The van der Waals surface area contributed by atoms with Crippen LogP contribution in [0, 0.1) is 5.92 Å². The zero-order valence-electron chi connectivity index (χ0n) is 7.58. The van der Waals surface area contributed by atoms with E-state index in [9.17, 15) is 0 Å². The fourth-order valence-electron chi connectivity index (χ4n) is 1.72. The van der Waals surface area contributed by atoms with E-state index in [0.717, 1.165) is 12.6 Å². The van der Waals surface area contributed by atoms with Crippen molar-refractivity contribution in [1.82, 2.24) is 4.90 Å². The Morgan fingerprint density at radius 1 is 1.64 bits per heavy atom. The smallest absolute Gasteiger partial charge is 0.0468 e. The van der Waals surface area contributed by atoms with Crippen LogP contribution in [-0.4, -0.2) is 35.7 Å². The highest BCUT2D eigenvalue weighted by Crippen LogP contribution is 2.17. The minimum Gasteiger partial charge on any atom is -0.396 e. The van der Waals surface area contributed by atoms with Gasteiger partial charge >= 0.3 is 0 Å². The second kappa shape index (κ2) is 4.07. The highest BCUT2D eigenvalue weighted by molar-refractivity contribution is 4.76. The largest absolute Gasteiger partial charge is 0.396 e. The molecule has 1 fully saturated rings. The third-order valence-corrected chi connectivity index (χ3v) is 2.55. The van der Waals surface area contributed by atoms with Crippen LogP contribution in [-0.2, 0) is 0 Å². The predicted molar refractivity (Wildman–Crippen MR) is 46.5 cm³/mol. The average molecular weight is 157 g/mol. The maximum absolute atomic E-state index is 8.85. The Hall–Kier alpha value is -0.0800.